The van der Waals surface area contributed by atoms with Crippen LogP contribution < -0.4 is 5.32 Å². The molecule has 0 amide bonds. The van der Waals surface area contributed by atoms with Gasteiger partial charge in [-0.1, -0.05) is 34.3 Å². The Morgan fingerprint density at radius 3 is 3.18 bits per heavy atom. The van der Waals surface area contributed by atoms with E-state index in [4.69, 9.17) is 0 Å². The van der Waals surface area contributed by atoms with Crippen LogP contribution in [0.1, 0.15) is 6.42 Å². The molecular weight excluding hydrogens is 224 g/mol. The van der Waals surface area contributed by atoms with Crippen LogP contribution in [0.5, 0.6) is 0 Å². The molecule has 1 N–H and O–H groups in total. The summed E-state index contributed by atoms with van der Waals surface area (Å²) in [5, 5.41) is 4.28. The van der Waals surface area contributed by atoms with Crippen LogP contribution in [0.4, 0.5) is 0 Å². The normalized spacial score (nSPS) is 17.0. The standard InChI is InChI=1S/C7H11BrN2S/c1-6(8)5-11-7-9-3-2-4-10-7/h1-5H2,(H,9,10). The molecule has 1 heterocycles. The molecule has 0 fully saturated rings. The largest absolute Gasteiger partial charge is 0.365 e. The summed E-state index contributed by atoms with van der Waals surface area (Å²) in [4.78, 5) is 4.31. The lowest BCUT2D eigenvalue weighted by Gasteiger charge is -2.12. The quantitative estimate of drug-likeness (QED) is 0.791. The van der Waals surface area contributed by atoms with Gasteiger partial charge in [-0.05, 0) is 10.9 Å². The highest BCUT2D eigenvalue weighted by Gasteiger charge is 2.03. The van der Waals surface area contributed by atoms with Gasteiger partial charge in [0.2, 0.25) is 0 Å². The van der Waals surface area contributed by atoms with Crippen molar-refractivity contribution < 1.29 is 0 Å². The molecule has 0 aliphatic carbocycles. The molecule has 0 atom stereocenters. The first-order valence-electron chi connectivity index (χ1n) is 3.53. The van der Waals surface area contributed by atoms with Crippen LogP contribution >= 0.6 is 27.7 Å². The van der Waals surface area contributed by atoms with Crippen LogP contribution in [0.3, 0.4) is 0 Å². The van der Waals surface area contributed by atoms with E-state index in [2.05, 4.69) is 32.8 Å². The zero-order valence-corrected chi connectivity index (χ0v) is 8.67. The molecule has 11 heavy (non-hydrogen) atoms. The summed E-state index contributed by atoms with van der Waals surface area (Å²) < 4.78 is 1.01. The fourth-order valence-corrected chi connectivity index (χ4v) is 1.78. The summed E-state index contributed by atoms with van der Waals surface area (Å²) >= 11 is 5.00. The molecule has 0 bridgehead atoms. The molecule has 0 spiro atoms. The molecule has 0 saturated heterocycles. The van der Waals surface area contributed by atoms with Gasteiger partial charge in [0.1, 0.15) is 0 Å². The first kappa shape index (κ1) is 9.13. The van der Waals surface area contributed by atoms with Crippen molar-refractivity contribution in [3.63, 3.8) is 0 Å². The van der Waals surface area contributed by atoms with Gasteiger partial charge in [-0.15, -0.1) is 0 Å². The number of aliphatic imine (C=N–C) groups is 1. The van der Waals surface area contributed by atoms with Crippen molar-refractivity contribution >= 4 is 32.9 Å². The molecule has 62 valence electrons. The van der Waals surface area contributed by atoms with Crippen molar-refractivity contribution in [3.05, 3.63) is 11.1 Å². The summed E-state index contributed by atoms with van der Waals surface area (Å²) in [6.45, 7) is 5.77. The lowest BCUT2D eigenvalue weighted by Crippen LogP contribution is -2.26. The van der Waals surface area contributed by atoms with E-state index < -0.39 is 0 Å². The molecule has 0 unspecified atom stereocenters. The monoisotopic (exact) mass is 234 g/mol. The van der Waals surface area contributed by atoms with Crippen LogP contribution in [-0.4, -0.2) is 24.0 Å². The molecule has 0 aromatic carbocycles. The highest BCUT2D eigenvalue weighted by Crippen LogP contribution is 2.13. The predicted octanol–water partition coefficient (Wildman–Crippen LogP) is 1.98. The number of hydrogen-bond acceptors (Lipinski definition) is 3. The smallest absolute Gasteiger partial charge is 0.156 e. The van der Waals surface area contributed by atoms with Crippen LogP contribution in [0.15, 0.2) is 16.1 Å². The summed E-state index contributed by atoms with van der Waals surface area (Å²) in [7, 11) is 0. The van der Waals surface area contributed by atoms with E-state index in [9.17, 15) is 0 Å². The topological polar surface area (TPSA) is 24.4 Å². The van der Waals surface area contributed by atoms with E-state index in [-0.39, 0.29) is 0 Å². The van der Waals surface area contributed by atoms with E-state index >= 15 is 0 Å². The minimum Gasteiger partial charge on any atom is -0.365 e. The van der Waals surface area contributed by atoms with Gasteiger partial charge in [-0.25, -0.2) is 0 Å². The third-order valence-corrected chi connectivity index (χ3v) is 2.92. The maximum atomic E-state index is 4.31. The number of nitrogens with zero attached hydrogens (tertiary/aromatic N) is 1. The maximum absolute atomic E-state index is 4.31. The summed E-state index contributed by atoms with van der Waals surface area (Å²) in [6, 6.07) is 0. The third-order valence-electron chi connectivity index (χ3n) is 1.23. The second-order valence-electron chi connectivity index (χ2n) is 2.27. The van der Waals surface area contributed by atoms with Crippen molar-refractivity contribution in [3.8, 4) is 0 Å². The van der Waals surface area contributed by atoms with Crippen molar-refractivity contribution in [2.45, 2.75) is 6.42 Å². The Bertz CT molecular complexity index is 179. The minimum atomic E-state index is 0.895. The SMILES string of the molecule is C=C(Br)CSC1=NCCCN1. The van der Waals surface area contributed by atoms with Crippen molar-refractivity contribution in [1.29, 1.82) is 0 Å². The van der Waals surface area contributed by atoms with E-state index in [0.717, 1.165) is 34.9 Å². The first-order chi connectivity index (χ1) is 5.29. The average molecular weight is 235 g/mol. The molecule has 0 radical (unpaired) electrons. The Hall–Kier alpha value is 0.0400. The fourth-order valence-electron chi connectivity index (χ4n) is 0.754. The van der Waals surface area contributed by atoms with Crippen LogP contribution in [-0.2, 0) is 0 Å². The molecule has 0 aromatic rings. The van der Waals surface area contributed by atoms with Gasteiger partial charge in [0.15, 0.2) is 5.17 Å². The summed E-state index contributed by atoms with van der Waals surface area (Å²) in [5.41, 5.74) is 0. The number of rotatable bonds is 2. The van der Waals surface area contributed by atoms with Gasteiger partial charge >= 0.3 is 0 Å². The third kappa shape index (κ3) is 3.82. The summed E-state index contributed by atoms with van der Waals surface area (Å²) in [5.74, 6) is 0.895. The Labute approximate surface area is 79.7 Å². The predicted molar refractivity (Wildman–Crippen MR) is 55.4 cm³/mol. The van der Waals surface area contributed by atoms with E-state index in [0.29, 0.717) is 0 Å². The van der Waals surface area contributed by atoms with E-state index in [1.807, 2.05) is 0 Å². The fraction of sp³-hybridized carbons (Fsp3) is 0.571. The highest BCUT2D eigenvalue weighted by atomic mass is 79.9. The first-order valence-corrected chi connectivity index (χ1v) is 5.31. The Balaban J connectivity index is 2.24. The van der Waals surface area contributed by atoms with Gasteiger partial charge in [-0.2, -0.15) is 0 Å². The van der Waals surface area contributed by atoms with Crippen molar-refractivity contribution in [2.24, 2.45) is 4.99 Å². The molecular formula is C7H11BrN2S. The Morgan fingerprint density at radius 1 is 1.82 bits per heavy atom. The van der Waals surface area contributed by atoms with E-state index in [1.165, 1.54) is 0 Å². The molecule has 0 aromatic heterocycles. The minimum absolute atomic E-state index is 0.895. The van der Waals surface area contributed by atoms with Crippen molar-refractivity contribution in [2.75, 3.05) is 18.8 Å². The molecule has 1 aliphatic heterocycles. The second kappa shape index (κ2) is 4.83. The molecule has 0 saturated carbocycles. The average Bonchev–Trinajstić information content (AvgIpc) is 2.03. The lowest BCUT2D eigenvalue weighted by molar-refractivity contribution is 0.751. The zero-order chi connectivity index (χ0) is 8.10. The highest BCUT2D eigenvalue weighted by molar-refractivity contribution is 9.11. The van der Waals surface area contributed by atoms with Gasteiger partial charge in [0.05, 0.1) is 0 Å². The molecule has 2 nitrogen and oxygen atoms in total. The summed E-state index contributed by atoms with van der Waals surface area (Å²) in [6.07, 6.45) is 1.15. The second-order valence-corrected chi connectivity index (χ2v) is 4.36. The molecule has 4 heteroatoms. The van der Waals surface area contributed by atoms with Gasteiger partial charge in [0, 0.05) is 18.8 Å². The van der Waals surface area contributed by atoms with Gasteiger partial charge in [0.25, 0.3) is 0 Å². The number of thioether (sulfide) groups is 1. The number of amidine groups is 1. The number of halogens is 1. The number of nitrogens with one attached hydrogen (secondary N) is 1. The molecule has 1 aliphatic rings. The lowest BCUT2D eigenvalue weighted by atomic mass is 10.4. The van der Waals surface area contributed by atoms with Gasteiger partial charge < -0.3 is 5.32 Å². The molecule has 1 rings (SSSR count). The zero-order valence-electron chi connectivity index (χ0n) is 6.27. The maximum Gasteiger partial charge on any atom is 0.156 e. The van der Waals surface area contributed by atoms with Gasteiger partial charge in [-0.3, -0.25) is 4.99 Å². The van der Waals surface area contributed by atoms with Crippen LogP contribution in [0, 0.1) is 0 Å². The van der Waals surface area contributed by atoms with Crippen LogP contribution in [0.2, 0.25) is 0 Å². The van der Waals surface area contributed by atoms with Crippen LogP contribution in [0.25, 0.3) is 0 Å². The van der Waals surface area contributed by atoms with Crippen molar-refractivity contribution in [1.82, 2.24) is 5.32 Å². The number of hydrogen-bond donors (Lipinski definition) is 1. The van der Waals surface area contributed by atoms with E-state index in [1.54, 1.807) is 11.8 Å². The Kier molecular flexibility index (Phi) is 4.01. The Morgan fingerprint density at radius 2 is 2.64 bits per heavy atom.